The van der Waals surface area contributed by atoms with Crippen molar-refractivity contribution in [1.29, 1.82) is 0 Å². The molecule has 164 valence electrons. The maximum Gasteiger partial charge on any atom is 0.417 e. The van der Waals surface area contributed by atoms with Crippen molar-refractivity contribution in [2.24, 2.45) is 0 Å². The van der Waals surface area contributed by atoms with Crippen molar-refractivity contribution in [2.45, 2.75) is 18.6 Å². The van der Waals surface area contributed by atoms with Gasteiger partial charge in [-0.05, 0) is 36.8 Å². The maximum absolute atomic E-state index is 12.6. The summed E-state index contributed by atoms with van der Waals surface area (Å²) in [6.07, 6.45) is -3.27. The number of ether oxygens (including phenoxy) is 1. The number of carbonyl (C=O) groups is 1. The second-order valence-electron chi connectivity index (χ2n) is 7.17. The Kier molecular flexibility index (Phi) is 5.50. The zero-order chi connectivity index (χ0) is 22.2. The van der Waals surface area contributed by atoms with Gasteiger partial charge in [0.05, 0.1) is 16.8 Å². The molecule has 1 saturated heterocycles. The highest BCUT2D eigenvalue weighted by Crippen LogP contribution is 2.45. The van der Waals surface area contributed by atoms with E-state index in [1.807, 2.05) is 0 Å². The van der Waals surface area contributed by atoms with E-state index < -0.39 is 28.2 Å². The van der Waals surface area contributed by atoms with E-state index in [-0.39, 0.29) is 29.1 Å². The zero-order valence-electron chi connectivity index (χ0n) is 16.0. The molecule has 3 aromatic rings. The lowest BCUT2D eigenvalue weighted by molar-refractivity contribution is -0.137. The molecule has 0 spiro atoms. The highest BCUT2D eigenvalue weighted by Gasteiger charge is 2.31. The SMILES string of the molecule is O=C(N[C@H]1CCS(O)(O)C1)c1ccc2cc(Oc3ccc(C(F)(F)F)cn3)ccc2n1. The minimum Gasteiger partial charge on any atom is -0.439 e. The fourth-order valence-corrected chi connectivity index (χ4v) is 4.94. The quantitative estimate of drug-likeness (QED) is 0.529. The fraction of sp³-hybridized carbons (Fsp3) is 0.250. The van der Waals surface area contributed by atoms with E-state index in [1.165, 1.54) is 6.07 Å². The molecule has 11 heteroatoms. The Morgan fingerprint density at radius 2 is 1.97 bits per heavy atom. The number of rotatable bonds is 4. The molecule has 1 aliphatic heterocycles. The van der Waals surface area contributed by atoms with Crippen LogP contribution in [0.25, 0.3) is 10.9 Å². The van der Waals surface area contributed by atoms with Crippen LogP contribution < -0.4 is 10.1 Å². The van der Waals surface area contributed by atoms with Gasteiger partial charge in [-0.25, -0.2) is 9.97 Å². The predicted octanol–water partition coefficient (Wildman–Crippen LogP) is 4.69. The van der Waals surface area contributed by atoms with Gasteiger partial charge in [0, 0.05) is 29.4 Å². The molecule has 1 atom stereocenters. The van der Waals surface area contributed by atoms with Crippen LogP contribution in [0.4, 0.5) is 13.2 Å². The van der Waals surface area contributed by atoms with Gasteiger partial charge in [0.1, 0.15) is 11.4 Å². The number of aromatic nitrogens is 2. The molecule has 1 amide bonds. The number of amides is 1. The number of alkyl halides is 3. The molecule has 0 unspecified atom stereocenters. The average molecular weight is 453 g/mol. The normalized spacial score (nSPS) is 19.2. The summed E-state index contributed by atoms with van der Waals surface area (Å²) in [5.41, 5.74) is -0.152. The van der Waals surface area contributed by atoms with Gasteiger partial charge >= 0.3 is 6.18 Å². The molecule has 4 rings (SSSR count). The highest BCUT2D eigenvalue weighted by molar-refractivity contribution is 8.24. The number of hydrogen-bond donors (Lipinski definition) is 3. The number of pyridine rings is 2. The summed E-state index contributed by atoms with van der Waals surface area (Å²) >= 11 is 0. The Balaban J connectivity index is 1.46. The summed E-state index contributed by atoms with van der Waals surface area (Å²) in [6, 6.07) is 9.76. The van der Waals surface area contributed by atoms with Crippen LogP contribution in [0.2, 0.25) is 0 Å². The molecule has 3 heterocycles. The van der Waals surface area contributed by atoms with Gasteiger partial charge < -0.3 is 10.1 Å². The Morgan fingerprint density at radius 3 is 2.61 bits per heavy atom. The van der Waals surface area contributed by atoms with Crippen LogP contribution in [0.15, 0.2) is 48.7 Å². The fourth-order valence-electron chi connectivity index (χ4n) is 3.22. The second-order valence-corrected chi connectivity index (χ2v) is 9.51. The van der Waals surface area contributed by atoms with E-state index in [0.717, 1.165) is 12.1 Å². The van der Waals surface area contributed by atoms with E-state index in [2.05, 4.69) is 15.3 Å². The highest BCUT2D eigenvalue weighted by atomic mass is 32.3. The van der Waals surface area contributed by atoms with E-state index >= 15 is 0 Å². The van der Waals surface area contributed by atoms with Gasteiger partial charge in [-0.3, -0.25) is 13.9 Å². The van der Waals surface area contributed by atoms with Crippen molar-refractivity contribution in [1.82, 2.24) is 15.3 Å². The molecule has 2 aromatic heterocycles. The van der Waals surface area contributed by atoms with Gasteiger partial charge in [-0.1, -0.05) is 6.07 Å². The first-order valence-corrected chi connectivity index (χ1v) is 11.1. The third-order valence-corrected chi connectivity index (χ3v) is 6.60. The maximum atomic E-state index is 12.6. The number of nitrogens with zero attached hydrogens (tertiary/aromatic N) is 2. The van der Waals surface area contributed by atoms with Crippen LogP contribution in [0, 0.1) is 0 Å². The van der Waals surface area contributed by atoms with E-state index in [0.29, 0.717) is 29.3 Å². The molecule has 1 aliphatic rings. The molecule has 1 fully saturated rings. The first-order chi connectivity index (χ1) is 14.6. The van der Waals surface area contributed by atoms with Crippen LogP contribution >= 0.6 is 10.6 Å². The standard InChI is InChI=1S/C20H18F3N3O4S/c21-20(22,23)13-2-6-18(24-10-13)30-15-3-5-16-12(9-15)1-4-17(26-16)19(27)25-14-7-8-31(28,29)11-14/h1-6,9-10,14,28-29H,7-8,11H2,(H,25,27)/t14-/m0/s1. The van der Waals surface area contributed by atoms with Crippen molar-refractivity contribution in [3.8, 4) is 11.6 Å². The zero-order valence-corrected chi connectivity index (χ0v) is 16.8. The third-order valence-electron chi connectivity index (χ3n) is 4.78. The van der Waals surface area contributed by atoms with E-state index in [4.69, 9.17) is 4.74 Å². The summed E-state index contributed by atoms with van der Waals surface area (Å²) in [5.74, 6) is 0.386. The molecule has 31 heavy (non-hydrogen) atoms. The first-order valence-electron chi connectivity index (χ1n) is 9.25. The number of fused-ring (bicyclic) bond motifs is 1. The van der Waals surface area contributed by atoms with Crippen molar-refractivity contribution in [3.05, 3.63) is 59.9 Å². The topological polar surface area (TPSA) is 105 Å². The lowest BCUT2D eigenvalue weighted by Gasteiger charge is -2.25. The van der Waals surface area contributed by atoms with Gasteiger partial charge in [-0.2, -0.15) is 23.8 Å². The van der Waals surface area contributed by atoms with Crippen LogP contribution in [-0.4, -0.2) is 42.5 Å². The molecule has 0 radical (unpaired) electrons. The Labute approximate surface area is 176 Å². The van der Waals surface area contributed by atoms with Crippen LogP contribution in [-0.2, 0) is 6.18 Å². The van der Waals surface area contributed by atoms with Gasteiger partial charge in [0.15, 0.2) is 0 Å². The Morgan fingerprint density at radius 1 is 1.16 bits per heavy atom. The van der Waals surface area contributed by atoms with E-state index in [9.17, 15) is 27.1 Å². The Bertz CT molecular complexity index is 1120. The first kappa shape index (κ1) is 21.3. The molecular weight excluding hydrogens is 435 g/mol. The van der Waals surface area contributed by atoms with Crippen molar-refractivity contribution < 1.29 is 31.8 Å². The number of carbonyl (C=O) groups excluding carboxylic acids is 1. The van der Waals surface area contributed by atoms with Crippen LogP contribution in [0.1, 0.15) is 22.5 Å². The smallest absolute Gasteiger partial charge is 0.417 e. The number of halogens is 3. The van der Waals surface area contributed by atoms with Crippen LogP contribution in [0.5, 0.6) is 11.6 Å². The summed E-state index contributed by atoms with van der Waals surface area (Å²) < 4.78 is 62.7. The van der Waals surface area contributed by atoms with Crippen molar-refractivity contribution in [3.63, 3.8) is 0 Å². The molecule has 0 bridgehead atoms. The largest absolute Gasteiger partial charge is 0.439 e. The minimum atomic E-state index is -4.47. The number of hydrogen-bond acceptors (Lipinski definition) is 6. The van der Waals surface area contributed by atoms with Gasteiger partial charge in [0.25, 0.3) is 5.91 Å². The molecule has 0 aliphatic carbocycles. The Hall–Kier alpha value is -2.89. The number of benzene rings is 1. The van der Waals surface area contributed by atoms with Crippen molar-refractivity contribution in [2.75, 3.05) is 11.5 Å². The molecule has 1 aromatic carbocycles. The van der Waals surface area contributed by atoms with Crippen LogP contribution in [0.3, 0.4) is 0 Å². The summed E-state index contributed by atoms with van der Waals surface area (Å²) in [6.45, 7) is 0. The van der Waals surface area contributed by atoms with Gasteiger partial charge in [0.2, 0.25) is 5.88 Å². The minimum absolute atomic E-state index is 0.0128. The lowest BCUT2D eigenvalue weighted by atomic mass is 10.2. The van der Waals surface area contributed by atoms with E-state index in [1.54, 1.807) is 24.3 Å². The lowest BCUT2D eigenvalue weighted by Crippen LogP contribution is -2.35. The summed E-state index contributed by atoms with van der Waals surface area (Å²) in [4.78, 5) is 20.4. The molecule has 0 saturated carbocycles. The molecular formula is C20H18F3N3O4S. The van der Waals surface area contributed by atoms with Gasteiger partial charge in [-0.15, -0.1) is 0 Å². The molecule has 7 nitrogen and oxygen atoms in total. The van der Waals surface area contributed by atoms with Crippen molar-refractivity contribution >= 4 is 27.4 Å². The summed E-state index contributed by atoms with van der Waals surface area (Å²) in [5, 5.41) is 3.42. The third kappa shape index (κ3) is 5.06. The monoisotopic (exact) mass is 453 g/mol. The average Bonchev–Trinajstić information content (AvgIpc) is 3.05. The molecule has 3 N–H and O–H groups in total. The predicted molar refractivity (Wildman–Crippen MR) is 110 cm³/mol. The second kappa shape index (κ2) is 7.98. The number of nitrogens with one attached hydrogen (secondary N) is 1. The summed E-state index contributed by atoms with van der Waals surface area (Å²) in [7, 11) is -2.61.